The van der Waals surface area contributed by atoms with Gasteiger partial charge in [-0.3, -0.25) is 9.78 Å². The zero-order valence-electron chi connectivity index (χ0n) is 12.4. The van der Waals surface area contributed by atoms with E-state index >= 15 is 0 Å². The predicted molar refractivity (Wildman–Crippen MR) is 97.7 cm³/mol. The number of nitrogens with zero attached hydrogens (tertiary/aromatic N) is 2. The Balaban J connectivity index is 1.86. The Morgan fingerprint density at radius 1 is 1.29 bits per heavy atom. The van der Waals surface area contributed by atoms with Gasteiger partial charge in [-0.15, -0.1) is 11.3 Å². The Hall–Kier alpha value is -2.15. The summed E-state index contributed by atoms with van der Waals surface area (Å²) in [6, 6.07) is 8.88. The van der Waals surface area contributed by atoms with Gasteiger partial charge in [-0.1, -0.05) is 29.3 Å². The fraction of sp³-hybridized carbons (Fsp3) is 0.0625. The normalized spacial score (nSPS) is 11.1. The van der Waals surface area contributed by atoms with Gasteiger partial charge in [0.25, 0.3) is 5.91 Å². The monoisotopic (exact) mass is 379 g/mol. The van der Waals surface area contributed by atoms with Crippen molar-refractivity contribution in [2.45, 2.75) is 0 Å². The van der Waals surface area contributed by atoms with E-state index < -0.39 is 5.91 Å². The van der Waals surface area contributed by atoms with Crippen molar-refractivity contribution < 1.29 is 9.53 Å². The topological polar surface area (TPSA) is 63.6 Å². The number of methoxy groups -OCH3 is 1. The number of hydrogen-bond acceptors (Lipinski definition) is 5. The number of ether oxygens (including phenoxy) is 1. The molecule has 0 saturated carbocycles. The number of rotatable bonds is 4. The van der Waals surface area contributed by atoms with E-state index in [1.165, 1.54) is 24.7 Å². The van der Waals surface area contributed by atoms with Crippen LogP contribution in [0.1, 0.15) is 15.4 Å². The van der Waals surface area contributed by atoms with Crippen LogP contribution in [-0.4, -0.2) is 24.2 Å². The lowest BCUT2D eigenvalue weighted by atomic mass is 10.2. The van der Waals surface area contributed by atoms with Gasteiger partial charge in [0.15, 0.2) is 0 Å². The highest BCUT2D eigenvalue weighted by molar-refractivity contribution is 7.22. The smallest absolute Gasteiger partial charge is 0.283 e. The minimum absolute atomic E-state index is 0.333. The molecule has 0 radical (unpaired) electrons. The first-order valence-corrected chi connectivity index (χ1v) is 8.38. The van der Waals surface area contributed by atoms with E-state index in [0.29, 0.717) is 36.5 Å². The number of carbonyl (C=O) groups excluding carboxylic acids is 1. The van der Waals surface area contributed by atoms with Gasteiger partial charge < -0.3 is 4.74 Å². The minimum atomic E-state index is -0.414. The lowest BCUT2D eigenvalue weighted by Crippen LogP contribution is -2.16. The molecule has 122 valence electrons. The quantitative estimate of drug-likeness (QED) is 0.540. The first-order chi connectivity index (χ1) is 11.6. The highest BCUT2D eigenvalue weighted by Gasteiger charge is 2.20. The van der Waals surface area contributed by atoms with Crippen LogP contribution in [0.4, 0.5) is 0 Å². The Kier molecular flexibility index (Phi) is 4.99. The van der Waals surface area contributed by atoms with Gasteiger partial charge in [0.2, 0.25) is 0 Å². The van der Waals surface area contributed by atoms with E-state index in [1.54, 1.807) is 30.5 Å². The van der Waals surface area contributed by atoms with Crippen LogP contribution in [0.5, 0.6) is 5.75 Å². The second-order valence-electron chi connectivity index (χ2n) is 4.66. The molecule has 8 heteroatoms. The number of thiophene rings is 1. The highest BCUT2D eigenvalue weighted by atomic mass is 35.5. The van der Waals surface area contributed by atoms with E-state index in [2.05, 4.69) is 15.5 Å². The Morgan fingerprint density at radius 3 is 2.83 bits per heavy atom. The number of amides is 1. The highest BCUT2D eigenvalue weighted by Crippen LogP contribution is 2.42. The number of carbonyl (C=O) groups is 1. The van der Waals surface area contributed by atoms with Gasteiger partial charge in [0.1, 0.15) is 15.6 Å². The summed E-state index contributed by atoms with van der Waals surface area (Å²) in [7, 11) is 1.53. The third-order valence-electron chi connectivity index (χ3n) is 3.18. The van der Waals surface area contributed by atoms with Gasteiger partial charge in [-0.25, -0.2) is 5.43 Å². The third-order valence-corrected chi connectivity index (χ3v) is 5.39. The predicted octanol–water partition coefficient (Wildman–Crippen LogP) is 4.38. The Labute approximate surface area is 151 Å². The average Bonchev–Trinajstić information content (AvgIpc) is 2.94. The van der Waals surface area contributed by atoms with Crippen molar-refractivity contribution >= 4 is 56.7 Å². The van der Waals surface area contributed by atoms with Crippen molar-refractivity contribution in [2.24, 2.45) is 5.10 Å². The maximum absolute atomic E-state index is 12.3. The maximum Gasteiger partial charge on any atom is 0.283 e. The second kappa shape index (κ2) is 7.17. The fourth-order valence-electron chi connectivity index (χ4n) is 2.04. The average molecular weight is 380 g/mol. The summed E-state index contributed by atoms with van der Waals surface area (Å²) < 4.78 is 5.87. The van der Waals surface area contributed by atoms with Crippen LogP contribution in [-0.2, 0) is 0 Å². The number of aromatic nitrogens is 1. The molecule has 5 nitrogen and oxygen atoms in total. The summed E-state index contributed by atoms with van der Waals surface area (Å²) in [4.78, 5) is 16.7. The van der Waals surface area contributed by atoms with Crippen LogP contribution in [0.2, 0.25) is 10.0 Å². The van der Waals surface area contributed by atoms with Crippen LogP contribution in [0.15, 0.2) is 41.6 Å². The summed E-state index contributed by atoms with van der Waals surface area (Å²) in [6.45, 7) is 0. The number of nitrogens with one attached hydrogen (secondary N) is 1. The van der Waals surface area contributed by atoms with E-state index in [9.17, 15) is 4.79 Å². The molecule has 0 unspecified atom stereocenters. The van der Waals surface area contributed by atoms with Gasteiger partial charge >= 0.3 is 0 Å². The molecule has 0 bridgehead atoms. The second-order valence-corrected chi connectivity index (χ2v) is 6.43. The molecular weight excluding hydrogens is 369 g/mol. The van der Waals surface area contributed by atoms with Gasteiger partial charge in [0, 0.05) is 11.6 Å². The molecule has 0 aliphatic carbocycles. The standard InChI is InChI=1S/C16H11Cl2N3O2S/c1-23-11-6-5-10-12(17)15(24-14(10)13(11)18)16(22)21-20-8-9-4-2-3-7-19-9/h2-8H,1H3,(H,21,22)/b20-8+. The van der Waals surface area contributed by atoms with E-state index in [0.717, 1.165) is 0 Å². The Bertz CT molecular complexity index is 926. The van der Waals surface area contributed by atoms with Crippen molar-refractivity contribution in [3.8, 4) is 5.75 Å². The lowest BCUT2D eigenvalue weighted by Gasteiger charge is -2.02. The molecule has 1 aromatic carbocycles. The molecule has 24 heavy (non-hydrogen) atoms. The first kappa shape index (κ1) is 16.7. The number of benzene rings is 1. The lowest BCUT2D eigenvalue weighted by molar-refractivity contribution is 0.0959. The van der Waals surface area contributed by atoms with Crippen LogP contribution in [0.3, 0.4) is 0 Å². The summed E-state index contributed by atoms with van der Waals surface area (Å²) >= 11 is 13.8. The van der Waals surface area contributed by atoms with Crippen molar-refractivity contribution in [3.63, 3.8) is 0 Å². The molecule has 0 aliphatic heterocycles. The number of hydrazone groups is 1. The van der Waals surface area contributed by atoms with Gasteiger partial charge in [-0.05, 0) is 24.3 Å². The molecule has 2 aromatic heterocycles. The fourth-order valence-corrected chi connectivity index (χ4v) is 3.83. The summed E-state index contributed by atoms with van der Waals surface area (Å²) in [6.07, 6.45) is 3.09. The van der Waals surface area contributed by atoms with Crippen LogP contribution < -0.4 is 10.2 Å². The summed E-state index contributed by atoms with van der Waals surface area (Å²) in [5.41, 5.74) is 3.07. The number of halogens is 2. The molecule has 3 aromatic rings. The van der Waals surface area contributed by atoms with Crippen molar-refractivity contribution in [3.05, 3.63) is 57.1 Å². The van der Waals surface area contributed by atoms with E-state index in [1.807, 2.05) is 6.07 Å². The molecular formula is C16H11Cl2N3O2S. The van der Waals surface area contributed by atoms with E-state index in [4.69, 9.17) is 27.9 Å². The van der Waals surface area contributed by atoms with Crippen LogP contribution in [0.25, 0.3) is 10.1 Å². The van der Waals surface area contributed by atoms with Gasteiger partial charge in [0.05, 0.1) is 28.7 Å². The molecule has 0 saturated heterocycles. The molecule has 2 heterocycles. The molecule has 1 N–H and O–H groups in total. The zero-order valence-corrected chi connectivity index (χ0v) is 14.7. The SMILES string of the molecule is COc1ccc2c(Cl)c(C(=O)N/N=C/c3ccccn3)sc2c1Cl. The number of fused-ring (bicyclic) bond motifs is 1. The molecule has 0 spiro atoms. The zero-order chi connectivity index (χ0) is 17.1. The Morgan fingerprint density at radius 2 is 2.12 bits per heavy atom. The molecule has 1 amide bonds. The maximum atomic E-state index is 12.3. The molecule has 3 rings (SSSR count). The van der Waals surface area contributed by atoms with Crippen molar-refractivity contribution in [2.75, 3.05) is 7.11 Å². The summed E-state index contributed by atoms with van der Waals surface area (Å²) in [5.74, 6) is 0.116. The van der Waals surface area contributed by atoms with Crippen molar-refractivity contribution in [1.29, 1.82) is 0 Å². The van der Waals surface area contributed by atoms with E-state index in [-0.39, 0.29) is 0 Å². The van der Waals surface area contributed by atoms with Crippen LogP contribution >= 0.6 is 34.5 Å². The summed E-state index contributed by atoms with van der Waals surface area (Å²) in [5, 5.41) is 5.36. The first-order valence-electron chi connectivity index (χ1n) is 6.80. The molecule has 0 atom stereocenters. The van der Waals surface area contributed by atoms with Crippen LogP contribution in [0, 0.1) is 0 Å². The number of hydrogen-bond donors (Lipinski definition) is 1. The molecule has 0 aliphatic rings. The molecule has 0 fully saturated rings. The number of pyridine rings is 1. The largest absolute Gasteiger partial charge is 0.495 e. The third kappa shape index (κ3) is 3.21. The van der Waals surface area contributed by atoms with Gasteiger partial charge in [-0.2, -0.15) is 5.10 Å². The minimum Gasteiger partial charge on any atom is -0.495 e. The van der Waals surface area contributed by atoms with Crippen molar-refractivity contribution in [1.82, 2.24) is 10.4 Å².